The summed E-state index contributed by atoms with van der Waals surface area (Å²) in [5, 5.41) is 4.69. The van der Waals surface area contributed by atoms with Crippen LogP contribution in [0.15, 0.2) is 18.2 Å². The quantitative estimate of drug-likeness (QED) is 0.856. The standard InChI is InChI=1S/C14H17Cl2NO/c1-18-6-2-3-10-7-11(9-17-12-4-5-12)14(16)13(15)8-10/h2-3,7-8,12,17H,4-6,9H2,1H3/b3-2+. The fraction of sp³-hybridized carbons (Fsp3) is 0.429. The van der Waals surface area contributed by atoms with Crippen molar-refractivity contribution in [3.05, 3.63) is 39.4 Å². The second-order valence-corrected chi connectivity index (χ2v) is 5.27. The fourth-order valence-corrected chi connectivity index (χ4v) is 2.14. The molecule has 0 spiro atoms. The molecule has 4 heteroatoms. The van der Waals surface area contributed by atoms with Crippen LogP contribution in [0.1, 0.15) is 24.0 Å². The van der Waals surface area contributed by atoms with E-state index in [9.17, 15) is 0 Å². The molecule has 1 aromatic carbocycles. The second kappa shape index (κ2) is 6.58. The maximum atomic E-state index is 6.21. The minimum atomic E-state index is 0.593. The van der Waals surface area contributed by atoms with Crippen LogP contribution in [0.5, 0.6) is 0 Å². The average Bonchev–Trinajstić information content (AvgIpc) is 3.16. The summed E-state index contributed by atoms with van der Waals surface area (Å²) in [7, 11) is 1.67. The van der Waals surface area contributed by atoms with Gasteiger partial charge in [-0.3, -0.25) is 0 Å². The Morgan fingerprint density at radius 3 is 2.83 bits per heavy atom. The molecule has 0 amide bonds. The Balaban J connectivity index is 2.10. The lowest BCUT2D eigenvalue weighted by molar-refractivity contribution is 0.234. The molecule has 0 aliphatic heterocycles. The van der Waals surface area contributed by atoms with E-state index in [0.29, 0.717) is 22.7 Å². The van der Waals surface area contributed by atoms with Gasteiger partial charge in [0.1, 0.15) is 0 Å². The van der Waals surface area contributed by atoms with E-state index in [2.05, 4.69) is 11.4 Å². The van der Waals surface area contributed by atoms with Crippen LogP contribution in [-0.4, -0.2) is 19.8 Å². The Bertz CT molecular complexity index is 442. The van der Waals surface area contributed by atoms with E-state index < -0.39 is 0 Å². The van der Waals surface area contributed by atoms with Gasteiger partial charge in [-0.05, 0) is 36.1 Å². The normalized spacial score (nSPS) is 15.5. The minimum absolute atomic E-state index is 0.593. The Morgan fingerprint density at radius 2 is 2.17 bits per heavy atom. The van der Waals surface area contributed by atoms with Crippen molar-refractivity contribution in [2.45, 2.75) is 25.4 Å². The van der Waals surface area contributed by atoms with Crippen molar-refractivity contribution in [3.63, 3.8) is 0 Å². The number of ether oxygens (including phenoxy) is 1. The zero-order chi connectivity index (χ0) is 13.0. The average molecular weight is 286 g/mol. The molecule has 18 heavy (non-hydrogen) atoms. The molecule has 1 N–H and O–H groups in total. The van der Waals surface area contributed by atoms with Gasteiger partial charge in [0.25, 0.3) is 0 Å². The summed E-state index contributed by atoms with van der Waals surface area (Å²) in [4.78, 5) is 0. The molecule has 0 bridgehead atoms. The van der Waals surface area contributed by atoms with Crippen molar-refractivity contribution in [2.24, 2.45) is 0 Å². The van der Waals surface area contributed by atoms with Crippen molar-refractivity contribution in [1.82, 2.24) is 5.32 Å². The van der Waals surface area contributed by atoms with E-state index in [0.717, 1.165) is 17.7 Å². The molecule has 0 radical (unpaired) electrons. The minimum Gasteiger partial charge on any atom is -0.381 e. The summed E-state index contributed by atoms with van der Waals surface area (Å²) in [6.45, 7) is 1.37. The van der Waals surface area contributed by atoms with Crippen LogP contribution in [0.4, 0.5) is 0 Å². The highest BCUT2D eigenvalue weighted by Crippen LogP contribution is 2.29. The van der Waals surface area contributed by atoms with E-state index in [1.807, 2.05) is 18.2 Å². The SMILES string of the molecule is COC/C=C/c1cc(Cl)c(Cl)c(CNC2CC2)c1. The highest BCUT2D eigenvalue weighted by Gasteiger charge is 2.20. The molecule has 0 heterocycles. The summed E-state index contributed by atoms with van der Waals surface area (Å²) in [6.07, 6.45) is 6.47. The molecule has 0 unspecified atom stereocenters. The van der Waals surface area contributed by atoms with Crippen LogP contribution in [0, 0.1) is 0 Å². The first-order chi connectivity index (χ1) is 8.70. The van der Waals surface area contributed by atoms with Crippen molar-refractivity contribution in [2.75, 3.05) is 13.7 Å². The zero-order valence-electron chi connectivity index (χ0n) is 10.4. The van der Waals surface area contributed by atoms with E-state index in [4.69, 9.17) is 27.9 Å². The van der Waals surface area contributed by atoms with E-state index >= 15 is 0 Å². The van der Waals surface area contributed by atoms with E-state index in [-0.39, 0.29) is 0 Å². The first kappa shape index (κ1) is 13.9. The van der Waals surface area contributed by atoms with Crippen LogP contribution in [0.2, 0.25) is 10.0 Å². The van der Waals surface area contributed by atoms with Gasteiger partial charge in [-0.1, -0.05) is 35.4 Å². The molecule has 98 valence electrons. The third-order valence-electron chi connectivity index (χ3n) is 2.86. The van der Waals surface area contributed by atoms with Crippen molar-refractivity contribution in [3.8, 4) is 0 Å². The lowest BCUT2D eigenvalue weighted by Crippen LogP contribution is -2.15. The number of rotatable bonds is 6. The molecule has 0 atom stereocenters. The Labute approximate surface area is 118 Å². The topological polar surface area (TPSA) is 21.3 Å². The lowest BCUT2D eigenvalue weighted by Gasteiger charge is -2.09. The number of halogens is 2. The van der Waals surface area contributed by atoms with Crippen LogP contribution in [-0.2, 0) is 11.3 Å². The maximum Gasteiger partial charge on any atom is 0.0646 e. The molecule has 1 fully saturated rings. The number of methoxy groups -OCH3 is 1. The summed E-state index contributed by atoms with van der Waals surface area (Å²) >= 11 is 12.3. The van der Waals surface area contributed by atoms with Crippen molar-refractivity contribution < 1.29 is 4.74 Å². The highest BCUT2D eigenvalue weighted by atomic mass is 35.5. The van der Waals surface area contributed by atoms with Gasteiger partial charge in [-0.15, -0.1) is 0 Å². The monoisotopic (exact) mass is 285 g/mol. The van der Waals surface area contributed by atoms with Gasteiger partial charge in [0, 0.05) is 19.7 Å². The highest BCUT2D eigenvalue weighted by molar-refractivity contribution is 6.42. The fourth-order valence-electron chi connectivity index (χ4n) is 1.72. The number of nitrogens with one attached hydrogen (secondary N) is 1. The van der Waals surface area contributed by atoms with Gasteiger partial charge < -0.3 is 10.1 Å². The second-order valence-electron chi connectivity index (χ2n) is 4.49. The summed E-state index contributed by atoms with van der Waals surface area (Å²) < 4.78 is 4.98. The molecule has 1 saturated carbocycles. The van der Waals surface area contributed by atoms with E-state index in [1.54, 1.807) is 7.11 Å². The molecule has 2 nitrogen and oxygen atoms in total. The summed E-state index contributed by atoms with van der Waals surface area (Å²) in [5.41, 5.74) is 2.10. The lowest BCUT2D eigenvalue weighted by atomic mass is 10.1. The van der Waals surface area contributed by atoms with Gasteiger partial charge in [-0.25, -0.2) is 0 Å². The smallest absolute Gasteiger partial charge is 0.0646 e. The number of hydrogen-bond acceptors (Lipinski definition) is 2. The van der Waals surface area contributed by atoms with E-state index in [1.165, 1.54) is 12.8 Å². The number of hydrogen-bond donors (Lipinski definition) is 1. The van der Waals surface area contributed by atoms with Crippen molar-refractivity contribution in [1.29, 1.82) is 0 Å². The molecule has 0 aromatic heterocycles. The zero-order valence-corrected chi connectivity index (χ0v) is 11.9. The van der Waals surface area contributed by atoms with Crippen LogP contribution < -0.4 is 5.32 Å². The molecule has 1 aliphatic rings. The molecule has 2 rings (SSSR count). The summed E-state index contributed by atoms with van der Waals surface area (Å²) in [5.74, 6) is 0. The predicted octanol–water partition coefficient (Wildman–Crippen LogP) is 3.91. The van der Waals surface area contributed by atoms with Gasteiger partial charge in [-0.2, -0.15) is 0 Å². The number of benzene rings is 1. The molecular formula is C14H17Cl2NO. The van der Waals surface area contributed by atoms with Crippen LogP contribution in [0.25, 0.3) is 6.08 Å². The largest absolute Gasteiger partial charge is 0.381 e. The molecule has 0 saturated heterocycles. The summed E-state index contributed by atoms with van der Waals surface area (Å²) in [6, 6.07) is 4.60. The van der Waals surface area contributed by atoms with Crippen LogP contribution >= 0.6 is 23.2 Å². The van der Waals surface area contributed by atoms with Gasteiger partial charge in [0.2, 0.25) is 0 Å². The third kappa shape index (κ3) is 3.99. The van der Waals surface area contributed by atoms with Crippen molar-refractivity contribution >= 4 is 29.3 Å². The predicted molar refractivity (Wildman–Crippen MR) is 77.2 cm³/mol. The molecular weight excluding hydrogens is 269 g/mol. The first-order valence-corrected chi connectivity index (χ1v) is 6.83. The molecule has 1 aliphatic carbocycles. The maximum absolute atomic E-state index is 6.21. The Kier molecular flexibility index (Phi) is 5.07. The van der Waals surface area contributed by atoms with Gasteiger partial charge >= 0.3 is 0 Å². The molecule has 1 aromatic rings. The van der Waals surface area contributed by atoms with Crippen LogP contribution in [0.3, 0.4) is 0 Å². The Morgan fingerprint density at radius 1 is 1.39 bits per heavy atom. The van der Waals surface area contributed by atoms with Gasteiger partial charge in [0.15, 0.2) is 0 Å². The third-order valence-corrected chi connectivity index (χ3v) is 3.70. The van der Waals surface area contributed by atoms with Gasteiger partial charge in [0.05, 0.1) is 16.7 Å². The first-order valence-electron chi connectivity index (χ1n) is 6.07. The Hall–Kier alpha value is -0.540.